The van der Waals surface area contributed by atoms with E-state index in [4.69, 9.17) is 16.3 Å². The minimum atomic E-state index is 0.614. The van der Waals surface area contributed by atoms with Crippen molar-refractivity contribution in [3.05, 3.63) is 59.1 Å². The number of ether oxygens (including phenoxy) is 1. The minimum absolute atomic E-state index is 0.614. The molecule has 0 aliphatic rings. The lowest BCUT2D eigenvalue weighted by Crippen LogP contribution is -1.99. The highest BCUT2D eigenvalue weighted by Gasteiger charge is 2.15. The largest absolute Gasteiger partial charge is 0.493 e. The van der Waals surface area contributed by atoms with Crippen LogP contribution in [0.2, 0.25) is 5.02 Å². The van der Waals surface area contributed by atoms with E-state index in [9.17, 15) is 0 Å². The number of rotatable bonds is 6. The number of hydrogen-bond donors (Lipinski definition) is 0. The van der Waals surface area contributed by atoms with Gasteiger partial charge in [0.25, 0.3) is 0 Å². The molecule has 3 aromatic rings. The van der Waals surface area contributed by atoms with E-state index in [2.05, 4.69) is 10.2 Å². The summed E-state index contributed by atoms with van der Waals surface area (Å²) in [6, 6.07) is 15.7. The van der Waals surface area contributed by atoms with E-state index in [1.54, 1.807) is 11.8 Å². The van der Waals surface area contributed by atoms with Gasteiger partial charge in [0.05, 0.1) is 12.2 Å². The summed E-state index contributed by atoms with van der Waals surface area (Å²) in [5, 5.41) is 10.3. The Bertz CT molecular complexity index is 835. The predicted octanol–water partition coefficient (Wildman–Crippen LogP) is 4.83. The van der Waals surface area contributed by atoms with Gasteiger partial charge < -0.3 is 9.30 Å². The minimum Gasteiger partial charge on any atom is -0.493 e. The highest BCUT2D eigenvalue weighted by Crippen LogP contribution is 2.31. The molecule has 0 spiro atoms. The summed E-state index contributed by atoms with van der Waals surface area (Å²) in [7, 11) is 1.97. The first-order chi connectivity index (χ1) is 11.7. The van der Waals surface area contributed by atoms with Crippen LogP contribution in [0.25, 0.3) is 11.4 Å². The quantitative estimate of drug-likeness (QED) is 0.591. The van der Waals surface area contributed by atoms with Gasteiger partial charge in [0, 0.05) is 17.8 Å². The Labute approximate surface area is 150 Å². The molecule has 0 saturated carbocycles. The molecule has 0 unspecified atom stereocenters. The van der Waals surface area contributed by atoms with E-state index in [0.29, 0.717) is 6.61 Å². The standard InChI is InChI=1S/C18H18ClN3OS/c1-3-23-16-11-7-5-9-14(16)17-20-21-18(22(17)2)24-12-13-8-4-6-10-15(13)19/h4-11H,3,12H2,1-2H3. The average Bonchev–Trinajstić information content (AvgIpc) is 2.96. The number of nitrogens with zero attached hydrogens (tertiary/aromatic N) is 3. The summed E-state index contributed by atoms with van der Waals surface area (Å²) >= 11 is 7.83. The summed E-state index contributed by atoms with van der Waals surface area (Å²) in [4.78, 5) is 0. The lowest BCUT2D eigenvalue weighted by Gasteiger charge is -2.09. The lowest BCUT2D eigenvalue weighted by molar-refractivity contribution is 0.341. The molecule has 124 valence electrons. The predicted molar refractivity (Wildman–Crippen MR) is 98.6 cm³/mol. The van der Waals surface area contributed by atoms with Crippen molar-refractivity contribution in [1.29, 1.82) is 0 Å². The molecule has 0 bridgehead atoms. The van der Waals surface area contributed by atoms with Crippen LogP contribution in [0.4, 0.5) is 0 Å². The molecular formula is C18H18ClN3OS. The fourth-order valence-electron chi connectivity index (χ4n) is 2.37. The molecule has 0 amide bonds. The van der Waals surface area contributed by atoms with Crippen molar-refractivity contribution in [3.8, 4) is 17.1 Å². The van der Waals surface area contributed by atoms with Crippen LogP contribution < -0.4 is 4.74 Å². The summed E-state index contributed by atoms with van der Waals surface area (Å²) in [5.74, 6) is 2.36. The maximum absolute atomic E-state index is 6.21. The van der Waals surface area contributed by atoms with Crippen LogP contribution >= 0.6 is 23.4 Å². The fraction of sp³-hybridized carbons (Fsp3) is 0.222. The van der Waals surface area contributed by atoms with Gasteiger partial charge >= 0.3 is 0 Å². The molecule has 4 nitrogen and oxygen atoms in total. The third-order valence-corrected chi connectivity index (χ3v) is 5.02. The van der Waals surface area contributed by atoms with Gasteiger partial charge in [0.1, 0.15) is 5.75 Å². The molecule has 0 aliphatic carbocycles. The van der Waals surface area contributed by atoms with Gasteiger partial charge in [-0.05, 0) is 30.7 Å². The zero-order chi connectivity index (χ0) is 16.9. The first-order valence-electron chi connectivity index (χ1n) is 7.68. The molecule has 0 fully saturated rings. The number of halogens is 1. The molecule has 24 heavy (non-hydrogen) atoms. The topological polar surface area (TPSA) is 39.9 Å². The Hall–Kier alpha value is -1.98. The van der Waals surface area contributed by atoms with Crippen molar-refractivity contribution in [3.63, 3.8) is 0 Å². The van der Waals surface area contributed by atoms with Gasteiger partial charge in [0.15, 0.2) is 11.0 Å². The Balaban J connectivity index is 1.83. The smallest absolute Gasteiger partial charge is 0.191 e. The van der Waals surface area contributed by atoms with Crippen molar-refractivity contribution in [2.24, 2.45) is 7.05 Å². The molecule has 6 heteroatoms. The monoisotopic (exact) mass is 359 g/mol. The highest BCUT2D eigenvalue weighted by atomic mass is 35.5. The number of para-hydroxylation sites is 1. The summed E-state index contributed by atoms with van der Waals surface area (Å²) < 4.78 is 7.68. The van der Waals surface area contributed by atoms with E-state index in [1.165, 1.54) is 0 Å². The van der Waals surface area contributed by atoms with Gasteiger partial charge in [-0.25, -0.2) is 0 Å². The Morgan fingerprint density at radius 2 is 1.83 bits per heavy atom. The molecule has 0 N–H and O–H groups in total. The van der Waals surface area contributed by atoms with Gasteiger partial charge in [-0.3, -0.25) is 0 Å². The van der Waals surface area contributed by atoms with E-state index in [0.717, 1.165) is 38.6 Å². The van der Waals surface area contributed by atoms with E-state index < -0.39 is 0 Å². The summed E-state index contributed by atoms with van der Waals surface area (Å²) in [6.45, 7) is 2.58. The van der Waals surface area contributed by atoms with Crippen LogP contribution in [-0.4, -0.2) is 21.4 Å². The normalized spacial score (nSPS) is 10.8. The third-order valence-electron chi connectivity index (χ3n) is 3.58. The average molecular weight is 360 g/mol. The third kappa shape index (κ3) is 3.57. The molecule has 0 radical (unpaired) electrons. The number of aromatic nitrogens is 3. The van der Waals surface area contributed by atoms with Crippen LogP contribution in [-0.2, 0) is 12.8 Å². The number of benzene rings is 2. The van der Waals surface area contributed by atoms with E-state index in [1.807, 2.05) is 67.1 Å². The van der Waals surface area contributed by atoms with Gasteiger partial charge in [-0.1, -0.05) is 53.7 Å². The van der Waals surface area contributed by atoms with Crippen LogP contribution in [0.3, 0.4) is 0 Å². The first-order valence-corrected chi connectivity index (χ1v) is 9.05. The van der Waals surface area contributed by atoms with Gasteiger partial charge in [-0.2, -0.15) is 0 Å². The second-order valence-corrected chi connectivity index (χ2v) is 6.52. The number of hydrogen-bond acceptors (Lipinski definition) is 4. The SMILES string of the molecule is CCOc1ccccc1-c1nnc(SCc2ccccc2Cl)n1C. The van der Waals surface area contributed by atoms with E-state index >= 15 is 0 Å². The molecule has 0 atom stereocenters. The zero-order valence-electron chi connectivity index (χ0n) is 13.6. The molecule has 0 aliphatic heterocycles. The van der Waals surface area contributed by atoms with Crippen LogP contribution in [0.5, 0.6) is 5.75 Å². The zero-order valence-corrected chi connectivity index (χ0v) is 15.1. The maximum atomic E-state index is 6.21. The van der Waals surface area contributed by atoms with Crippen LogP contribution in [0.15, 0.2) is 53.7 Å². The Morgan fingerprint density at radius 3 is 2.62 bits per heavy atom. The van der Waals surface area contributed by atoms with Crippen molar-refractivity contribution in [1.82, 2.24) is 14.8 Å². The lowest BCUT2D eigenvalue weighted by atomic mass is 10.2. The first kappa shape index (κ1) is 16.9. The summed E-state index contributed by atoms with van der Waals surface area (Å²) in [6.07, 6.45) is 0. The fourth-order valence-corrected chi connectivity index (χ4v) is 3.56. The molecule has 3 rings (SSSR count). The second-order valence-electron chi connectivity index (χ2n) is 5.17. The van der Waals surface area contributed by atoms with Crippen LogP contribution in [0, 0.1) is 0 Å². The van der Waals surface area contributed by atoms with Crippen LogP contribution in [0.1, 0.15) is 12.5 Å². The van der Waals surface area contributed by atoms with Crippen molar-refractivity contribution >= 4 is 23.4 Å². The Kier molecular flexibility index (Phi) is 5.43. The van der Waals surface area contributed by atoms with E-state index in [-0.39, 0.29) is 0 Å². The summed E-state index contributed by atoms with van der Waals surface area (Å²) in [5.41, 5.74) is 2.03. The van der Waals surface area contributed by atoms with Crippen molar-refractivity contribution < 1.29 is 4.74 Å². The molecular weight excluding hydrogens is 342 g/mol. The Morgan fingerprint density at radius 1 is 1.08 bits per heavy atom. The second kappa shape index (κ2) is 7.73. The molecule has 2 aromatic carbocycles. The van der Waals surface area contributed by atoms with Gasteiger partial charge in [-0.15, -0.1) is 10.2 Å². The highest BCUT2D eigenvalue weighted by molar-refractivity contribution is 7.98. The molecule has 1 heterocycles. The molecule has 0 saturated heterocycles. The van der Waals surface area contributed by atoms with Crippen molar-refractivity contribution in [2.45, 2.75) is 17.8 Å². The maximum Gasteiger partial charge on any atom is 0.191 e. The number of thioether (sulfide) groups is 1. The van der Waals surface area contributed by atoms with Gasteiger partial charge in [0.2, 0.25) is 0 Å². The molecule has 1 aromatic heterocycles. The van der Waals surface area contributed by atoms with Crippen molar-refractivity contribution in [2.75, 3.05) is 6.61 Å².